The van der Waals surface area contributed by atoms with Crippen LogP contribution in [0.1, 0.15) is 19.4 Å². The van der Waals surface area contributed by atoms with Crippen molar-refractivity contribution in [3.63, 3.8) is 0 Å². The molecular weight excluding hydrogens is 264 g/mol. The molecule has 0 amide bonds. The second-order valence-corrected chi connectivity index (χ2v) is 4.12. The third-order valence-corrected chi connectivity index (χ3v) is 2.64. The van der Waals surface area contributed by atoms with Gasteiger partial charge in [-0.1, -0.05) is 13.0 Å². The van der Waals surface area contributed by atoms with E-state index in [1.165, 1.54) is 20.1 Å². The molecule has 0 fully saturated rings. The SMILES string of the molecule is CCNCc1ccc([N+](=O)[O-])c(OC(C)C(=O)OC)c1. The minimum absolute atomic E-state index is 0.0586. The van der Waals surface area contributed by atoms with Gasteiger partial charge < -0.3 is 14.8 Å². The summed E-state index contributed by atoms with van der Waals surface area (Å²) in [5.74, 6) is -0.528. The zero-order valence-electron chi connectivity index (χ0n) is 11.7. The fourth-order valence-electron chi connectivity index (χ4n) is 1.59. The van der Waals surface area contributed by atoms with E-state index in [0.29, 0.717) is 6.54 Å². The zero-order chi connectivity index (χ0) is 15.1. The van der Waals surface area contributed by atoms with Gasteiger partial charge in [0.15, 0.2) is 11.9 Å². The maximum atomic E-state index is 11.3. The highest BCUT2D eigenvalue weighted by atomic mass is 16.6. The summed E-state index contributed by atoms with van der Waals surface area (Å²) in [4.78, 5) is 21.7. The van der Waals surface area contributed by atoms with Crippen LogP contribution in [0, 0.1) is 10.1 Å². The number of hydrogen-bond donors (Lipinski definition) is 1. The molecule has 0 bridgehead atoms. The van der Waals surface area contributed by atoms with Crippen LogP contribution in [-0.4, -0.2) is 30.7 Å². The lowest BCUT2D eigenvalue weighted by Crippen LogP contribution is -2.25. The number of hydrogen-bond acceptors (Lipinski definition) is 6. The van der Waals surface area contributed by atoms with Gasteiger partial charge in [0.2, 0.25) is 0 Å². The molecule has 110 valence electrons. The third kappa shape index (κ3) is 4.20. The van der Waals surface area contributed by atoms with E-state index < -0.39 is 17.0 Å². The molecule has 1 unspecified atom stereocenters. The van der Waals surface area contributed by atoms with E-state index >= 15 is 0 Å². The van der Waals surface area contributed by atoms with Gasteiger partial charge in [-0.15, -0.1) is 0 Å². The van der Waals surface area contributed by atoms with Gasteiger partial charge in [-0.05, 0) is 25.1 Å². The van der Waals surface area contributed by atoms with E-state index in [-0.39, 0.29) is 11.4 Å². The van der Waals surface area contributed by atoms with E-state index in [0.717, 1.165) is 12.1 Å². The van der Waals surface area contributed by atoms with Crippen molar-refractivity contribution in [1.82, 2.24) is 5.32 Å². The van der Waals surface area contributed by atoms with Crippen LogP contribution >= 0.6 is 0 Å². The predicted octanol–water partition coefficient (Wildman–Crippen LogP) is 1.64. The Morgan fingerprint density at radius 1 is 1.50 bits per heavy atom. The van der Waals surface area contributed by atoms with Gasteiger partial charge >= 0.3 is 11.7 Å². The Morgan fingerprint density at radius 2 is 2.20 bits per heavy atom. The average molecular weight is 282 g/mol. The van der Waals surface area contributed by atoms with Gasteiger partial charge in [0, 0.05) is 12.6 Å². The summed E-state index contributed by atoms with van der Waals surface area (Å²) >= 11 is 0. The third-order valence-electron chi connectivity index (χ3n) is 2.64. The summed E-state index contributed by atoms with van der Waals surface area (Å²) in [6, 6.07) is 4.57. The van der Waals surface area contributed by atoms with Gasteiger partial charge in [-0.25, -0.2) is 4.79 Å². The fraction of sp³-hybridized carbons (Fsp3) is 0.462. The Bertz CT molecular complexity index is 490. The van der Waals surface area contributed by atoms with Crippen LogP contribution in [0.4, 0.5) is 5.69 Å². The maximum absolute atomic E-state index is 11.3. The van der Waals surface area contributed by atoms with Crippen molar-refractivity contribution in [2.24, 2.45) is 0 Å². The normalized spacial score (nSPS) is 11.8. The van der Waals surface area contributed by atoms with Crippen LogP contribution < -0.4 is 10.1 Å². The van der Waals surface area contributed by atoms with Crippen LogP contribution in [0.25, 0.3) is 0 Å². The van der Waals surface area contributed by atoms with Gasteiger partial charge in [0.05, 0.1) is 12.0 Å². The number of nitro benzene ring substituents is 1. The summed E-state index contributed by atoms with van der Waals surface area (Å²) in [7, 11) is 1.23. The largest absolute Gasteiger partial charge is 0.472 e. The Hall–Kier alpha value is -2.15. The number of carbonyl (C=O) groups excluding carboxylic acids is 1. The molecule has 0 heterocycles. The van der Waals surface area contributed by atoms with Crippen molar-refractivity contribution < 1.29 is 19.2 Å². The Morgan fingerprint density at radius 3 is 2.75 bits per heavy atom. The summed E-state index contributed by atoms with van der Waals surface area (Å²) in [6.07, 6.45) is -0.909. The molecule has 1 atom stereocenters. The topological polar surface area (TPSA) is 90.7 Å². The molecule has 0 saturated carbocycles. The number of nitro groups is 1. The molecule has 1 rings (SSSR count). The van der Waals surface area contributed by atoms with Crippen LogP contribution in [0.5, 0.6) is 5.75 Å². The monoisotopic (exact) mass is 282 g/mol. The number of ether oxygens (including phenoxy) is 2. The Labute approximate surface area is 117 Å². The molecule has 0 aliphatic carbocycles. The van der Waals surface area contributed by atoms with E-state index in [9.17, 15) is 14.9 Å². The lowest BCUT2D eigenvalue weighted by Gasteiger charge is -2.13. The smallest absolute Gasteiger partial charge is 0.346 e. The molecule has 1 aromatic carbocycles. The predicted molar refractivity (Wildman–Crippen MR) is 72.6 cm³/mol. The molecular formula is C13H18N2O5. The van der Waals surface area contributed by atoms with Crippen LogP contribution in [-0.2, 0) is 16.1 Å². The Kier molecular flexibility index (Phi) is 5.92. The fourth-order valence-corrected chi connectivity index (χ4v) is 1.59. The Balaban J connectivity index is 2.99. The number of carbonyl (C=O) groups is 1. The molecule has 0 aliphatic rings. The minimum atomic E-state index is -0.909. The second kappa shape index (κ2) is 7.44. The zero-order valence-corrected chi connectivity index (χ0v) is 11.7. The first-order chi connectivity index (χ1) is 9.49. The lowest BCUT2D eigenvalue weighted by atomic mass is 10.2. The number of methoxy groups -OCH3 is 1. The van der Waals surface area contributed by atoms with Crippen molar-refractivity contribution in [3.8, 4) is 5.75 Å². The number of esters is 1. The van der Waals surface area contributed by atoms with Gasteiger partial charge in [0.1, 0.15) is 0 Å². The van der Waals surface area contributed by atoms with Crippen molar-refractivity contribution in [2.75, 3.05) is 13.7 Å². The highest BCUT2D eigenvalue weighted by Gasteiger charge is 2.21. The van der Waals surface area contributed by atoms with Crippen molar-refractivity contribution in [2.45, 2.75) is 26.5 Å². The van der Waals surface area contributed by atoms with Gasteiger partial charge in [-0.2, -0.15) is 0 Å². The molecule has 0 spiro atoms. The van der Waals surface area contributed by atoms with Crippen LogP contribution in [0.2, 0.25) is 0 Å². The first-order valence-corrected chi connectivity index (χ1v) is 6.22. The van der Waals surface area contributed by atoms with Crippen LogP contribution in [0.3, 0.4) is 0 Å². The highest BCUT2D eigenvalue weighted by molar-refractivity contribution is 5.74. The molecule has 0 radical (unpaired) electrons. The van der Waals surface area contributed by atoms with E-state index in [2.05, 4.69) is 10.1 Å². The molecule has 20 heavy (non-hydrogen) atoms. The number of benzene rings is 1. The quantitative estimate of drug-likeness (QED) is 0.464. The summed E-state index contributed by atoms with van der Waals surface area (Å²) in [5.41, 5.74) is 0.658. The minimum Gasteiger partial charge on any atom is -0.472 e. The number of nitrogens with zero attached hydrogens (tertiary/aromatic N) is 1. The summed E-state index contributed by atoms with van der Waals surface area (Å²) < 4.78 is 9.87. The molecule has 0 saturated heterocycles. The standard InChI is InChI=1S/C13H18N2O5/c1-4-14-8-10-5-6-11(15(17)18)12(7-10)20-9(2)13(16)19-3/h5-7,9,14H,4,8H2,1-3H3. The van der Waals surface area contributed by atoms with Gasteiger partial charge in [0.25, 0.3) is 0 Å². The lowest BCUT2D eigenvalue weighted by molar-refractivity contribution is -0.386. The first-order valence-electron chi connectivity index (χ1n) is 6.22. The van der Waals surface area contributed by atoms with E-state index in [1.54, 1.807) is 12.1 Å². The van der Waals surface area contributed by atoms with Crippen LogP contribution in [0.15, 0.2) is 18.2 Å². The molecule has 7 nitrogen and oxygen atoms in total. The van der Waals surface area contributed by atoms with Gasteiger partial charge in [-0.3, -0.25) is 10.1 Å². The summed E-state index contributed by atoms with van der Waals surface area (Å²) in [6.45, 7) is 4.79. The van der Waals surface area contributed by atoms with Crippen molar-refractivity contribution in [3.05, 3.63) is 33.9 Å². The number of rotatable bonds is 7. The van der Waals surface area contributed by atoms with Crippen molar-refractivity contribution in [1.29, 1.82) is 0 Å². The average Bonchev–Trinajstić information content (AvgIpc) is 2.43. The van der Waals surface area contributed by atoms with E-state index in [4.69, 9.17) is 4.74 Å². The second-order valence-electron chi connectivity index (χ2n) is 4.12. The molecule has 7 heteroatoms. The highest BCUT2D eigenvalue weighted by Crippen LogP contribution is 2.29. The number of nitrogens with one attached hydrogen (secondary N) is 1. The van der Waals surface area contributed by atoms with E-state index in [1.807, 2.05) is 6.92 Å². The molecule has 1 N–H and O–H groups in total. The summed E-state index contributed by atoms with van der Waals surface area (Å²) in [5, 5.41) is 14.1. The molecule has 1 aromatic rings. The molecule has 0 aromatic heterocycles. The first kappa shape index (κ1) is 15.9. The maximum Gasteiger partial charge on any atom is 0.346 e. The molecule has 0 aliphatic heterocycles. The van der Waals surface area contributed by atoms with Crippen molar-refractivity contribution >= 4 is 11.7 Å².